The number of anilines is 2. The van der Waals surface area contributed by atoms with Crippen LogP contribution in [-0.2, 0) is 17.6 Å². The summed E-state index contributed by atoms with van der Waals surface area (Å²) >= 11 is 12.4. The molecule has 0 bridgehead atoms. The van der Waals surface area contributed by atoms with Crippen molar-refractivity contribution in [2.45, 2.75) is 38.0 Å². The van der Waals surface area contributed by atoms with Crippen molar-refractivity contribution in [1.29, 1.82) is 0 Å². The second-order valence-electron chi connectivity index (χ2n) is 7.94. The predicted molar refractivity (Wildman–Crippen MR) is 117 cm³/mol. The van der Waals surface area contributed by atoms with Crippen LogP contribution in [0.4, 0.5) is 11.5 Å². The fourth-order valence-electron chi connectivity index (χ4n) is 4.11. The SMILES string of the molecule is COc1cc(Cl)c(Cl)cc1Nc1nc(C2CC2)nc2[nH]c3c(c12)CC(C(N)=O)CC3. The Morgan fingerprint density at radius 1 is 1.23 bits per heavy atom. The largest absolute Gasteiger partial charge is 0.495 e. The van der Waals surface area contributed by atoms with Crippen molar-refractivity contribution in [2.24, 2.45) is 11.7 Å². The lowest BCUT2D eigenvalue weighted by molar-refractivity contribution is -0.122. The lowest BCUT2D eigenvalue weighted by Crippen LogP contribution is -2.28. The van der Waals surface area contributed by atoms with Crippen LogP contribution >= 0.6 is 23.2 Å². The number of benzene rings is 1. The van der Waals surface area contributed by atoms with Gasteiger partial charge in [0.2, 0.25) is 5.91 Å². The molecule has 2 aromatic heterocycles. The van der Waals surface area contributed by atoms with E-state index in [9.17, 15) is 4.79 Å². The van der Waals surface area contributed by atoms with E-state index in [0.717, 1.165) is 53.8 Å². The number of primary amides is 1. The van der Waals surface area contributed by atoms with E-state index < -0.39 is 0 Å². The molecule has 4 N–H and O–H groups in total. The van der Waals surface area contributed by atoms with Crippen LogP contribution in [0.1, 0.15) is 42.3 Å². The number of ether oxygens (including phenoxy) is 1. The van der Waals surface area contributed by atoms with E-state index in [2.05, 4.69) is 10.3 Å². The number of aryl methyl sites for hydroxylation is 1. The number of hydrogen-bond acceptors (Lipinski definition) is 5. The highest BCUT2D eigenvalue weighted by Crippen LogP contribution is 2.43. The average molecular weight is 446 g/mol. The summed E-state index contributed by atoms with van der Waals surface area (Å²) in [4.78, 5) is 24.9. The Balaban J connectivity index is 1.66. The molecule has 1 unspecified atom stereocenters. The molecule has 2 aliphatic carbocycles. The molecule has 30 heavy (non-hydrogen) atoms. The molecule has 1 saturated carbocycles. The molecule has 5 rings (SSSR count). The molecule has 1 atom stereocenters. The first-order valence-electron chi connectivity index (χ1n) is 9.95. The van der Waals surface area contributed by atoms with Crippen LogP contribution in [0.3, 0.4) is 0 Å². The topological polar surface area (TPSA) is 106 Å². The number of carbonyl (C=O) groups is 1. The summed E-state index contributed by atoms with van der Waals surface area (Å²) in [7, 11) is 1.57. The molecular formula is C21H21Cl2N5O2. The van der Waals surface area contributed by atoms with Crippen molar-refractivity contribution in [3.63, 3.8) is 0 Å². The number of halogens is 2. The van der Waals surface area contributed by atoms with Crippen LogP contribution in [0, 0.1) is 5.92 Å². The minimum atomic E-state index is -0.272. The molecule has 3 aromatic rings. The van der Waals surface area contributed by atoms with Crippen molar-refractivity contribution in [1.82, 2.24) is 15.0 Å². The van der Waals surface area contributed by atoms with Gasteiger partial charge < -0.3 is 20.8 Å². The number of amides is 1. The molecule has 0 saturated heterocycles. The Morgan fingerprint density at radius 3 is 2.70 bits per heavy atom. The van der Waals surface area contributed by atoms with E-state index >= 15 is 0 Å². The Hall–Kier alpha value is -2.51. The van der Waals surface area contributed by atoms with E-state index in [-0.39, 0.29) is 11.8 Å². The molecule has 0 radical (unpaired) electrons. The number of nitrogens with zero attached hydrogens (tertiary/aromatic N) is 2. The first-order valence-corrected chi connectivity index (χ1v) is 10.7. The van der Waals surface area contributed by atoms with Crippen LogP contribution in [0.2, 0.25) is 10.0 Å². The fourth-order valence-corrected chi connectivity index (χ4v) is 4.43. The summed E-state index contributed by atoms with van der Waals surface area (Å²) in [5, 5.41) is 5.09. The summed E-state index contributed by atoms with van der Waals surface area (Å²) in [6.45, 7) is 0. The highest BCUT2D eigenvalue weighted by Gasteiger charge is 2.31. The Kier molecular flexibility index (Phi) is 4.75. The van der Waals surface area contributed by atoms with Gasteiger partial charge in [-0.15, -0.1) is 0 Å². The molecule has 1 amide bonds. The van der Waals surface area contributed by atoms with Crippen LogP contribution in [0.15, 0.2) is 12.1 Å². The third-order valence-corrected chi connectivity index (χ3v) is 6.62. The molecular weight excluding hydrogens is 425 g/mol. The van der Waals surface area contributed by atoms with Crippen molar-refractivity contribution >= 4 is 51.6 Å². The Labute approximate surface area is 183 Å². The lowest BCUT2D eigenvalue weighted by Gasteiger charge is -2.20. The molecule has 1 aromatic carbocycles. The average Bonchev–Trinajstić information content (AvgIpc) is 3.50. The normalized spacial score (nSPS) is 18.3. The monoisotopic (exact) mass is 445 g/mol. The fraction of sp³-hybridized carbons (Fsp3) is 0.381. The Morgan fingerprint density at radius 2 is 2.00 bits per heavy atom. The number of carbonyl (C=O) groups excluding carboxylic acids is 1. The number of fused-ring (bicyclic) bond motifs is 3. The van der Waals surface area contributed by atoms with Gasteiger partial charge in [-0.1, -0.05) is 23.2 Å². The molecule has 9 heteroatoms. The summed E-state index contributed by atoms with van der Waals surface area (Å²) < 4.78 is 5.48. The quantitative estimate of drug-likeness (QED) is 0.536. The Bertz CT molecular complexity index is 1170. The molecule has 0 aliphatic heterocycles. The zero-order chi connectivity index (χ0) is 21.0. The number of hydrogen-bond donors (Lipinski definition) is 3. The summed E-state index contributed by atoms with van der Waals surface area (Å²) in [6, 6.07) is 3.39. The molecule has 1 fully saturated rings. The summed E-state index contributed by atoms with van der Waals surface area (Å²) in [5.74, 6) is 1.96. The number of H-pyrrole nitrogens is 1. The number of aromatic amines is 1. The van der Waals surface area contributed by atoms with Crippen LogP contribution in [-0.4, -0.2) is 28.0 Å². The lowest BCUT2D eigenvalue weighted by atomic mass is 9.86. The first-order chi connectivity index (χ1) is 14.4. The molecule has 0 spiro atoms. The third kappa shape index (κ3) is 3.36. The van der Waals surface area contributed by atoms with Crippen LogP contribution in [0.25, 0.3) is 11.0 Å². The zero-order valence-corrected chi connectivity index (χ0v) is 17.9. The first kappa shape index (κ1) is 19.5. The number of nitrogens with one attached hydrogen (secondary N) is 2. The van der Waals surface area contributed by atoms with Crippen molar-refractivity contribution in [3.05, 3.63) is 39.3 Å². The van der Waals surface area contributed by atoms with E-state index in [1.807, 2.05) is 0 Å². The van der Waals surface area contributed by atoms with Gasteiger partial charge in [0.1, 0.15) is 23.0 Å². The number of rotatable bonds is 5. The van der Waals surface area contributed by atoms with Gasteiger partial charge in [-0.2, -0.15) is 0 Å². The van der Waals surface area contributed by atoms with E-state index in [1.54, 1.807) is 19.2 Å². The van der Waals surface area contributed by atoms with E-state index in [0.29, 0.717) is 39.6 Å². The van der Waals surface area contributed by atoms with Gasteiger partial charge in [0, 0.05) is 23.6 Å². The van der Waals surface area contributed by atoms with Gasteiger partial charge >= 0.3 is 0 Å². The number of aromatic nitrogens is 3. The van der Waals surface area contributed by atoms with Gasteiger partial charge in [0.25, 0.3) is 0 Å². The van der Waals surface area contributed by atoms with Gasteiger partial charge in [-0.25, -0.2) is 9.97 Å². The van der Waals surface area contributed by atoms with E-state index in [4.69, 9.17) is 43.6 Å². The van der Waals surface area contributed by atoms with E-state index in [1.165, 1.54) is 0 Å². The second-order valence-corrected chi connectivity index (χ2v) is 8.76. The third-order valence-electron chi connectivity index (χ3n) is 5.90. The maximum atomic E-state index is 11.8. The number of methoxy groups -OCH3 is 1. The molecule has 2 aliphatic rings. The maximum absolute atomic E-state index is 11.8. The minimum absolute atomic E-state index is 0.188. The number of nitrogens with two attached hydrogens (primary N) is 1. The molecule has 7 nitrogen and oxygen atoms in total. The second kappa shape index (κ2) is 7.32. The van der Waals surface area contributed by atoms with Crippen molar-refractivity contribution in [2.75, 3.05) is 12.4 Å². The molecule has 2 heterocycles. The maximum Gasteiger partial charge on any atom is 0.220 e. The van der Waals surface area contributed by atoms with Crippen LogP contribution in [0.5, 0.6) is 5.75 Å². The predicted octanol–water partition coefficient (Wildman–Crippen LogP) is 4.48. The highest BCUT2D eigenvalue weighted by molar-refractivity contribution is 6.42. The minimum Gasteiger partial charge on any atom is -0.495 e. The van der Waals surface area contributed by atoms with Crippen LogP contribution < -0.4 is 15.8 Å². The molecule has 156 valence electrons. The van der Waals surface area contributed by atoms with Gasteiger partial charge in [0.05, 0.1) is 28.2 Å². The standard InChI is InChI=1S/C21H21Cl2N5O2/c1-30-16-8-13(23)12(22)7-15(16)26-21-17-11-6-10(18(24)29)4-5-14(11)25-20(17)27-19(28-21)9-2-3-9/h7-10H,2-6H2,1H3,(H2,24,29)(H2,25,26,27,28). The van der Waals surface area contributed by atoms with Gasteiger partial charge in [-0.05, 0) is 43.7 Å². The smallest absolute Gasteiger partial charge is 0.220 e. The summed E-state index contributed by atoms with van der Waals surface area (Å²) in [5.41, 5.74) is 9.18. The highest BCUT2D eigenvalue weighted by atomic mass is 35.5. The summed E-state index contributed by atoms with van der Waals surface area (Å²) in [6.07, 6.45) is 4.25. The zero-order valence-electron chi connectivity index (χ0n) is 16.4. The van der Waals surface area contributed by atoms with Crippen molar-refractivity contribution < 1.29 is 9.53 Å². The van der Waals surface area contributed by atoms with Crippen molar-refractivity contribution in [3.8, 4) is 5.75 Å². The van der Waals surface area contributed by atoms with Gasteiger partial charge in [0.15, 0.2) is 0 Å². The van der Waals surface area contributed by atoms with Gasteiger partial charge in [-0.3, -0.25) is 4.79 Å².